The topological polar surface area (TPSA) is 67.9 Å². The largest absolute Gasteiger partial charge is 0.496 e. The molecule has 1 fully saturated rings. The highest BCUT2D eigenvalue weighted by Gasteiger charge is 2.24. The third-order valence-corrected chi connectivity index (χ3v) is 6.26. The van der Waals surface area contributed by atoms with Gasteiger partial charge in [-0.15, -0.1) is 11.8 Å². The van der Waals surface area contributed by atoms with Crippen molar-refractivity contribution in [1.29, 1.82) is 0 Å². The lowest BCUT2D eigenvalue weighted by molar-refractivity contribution is -0.131. The number of piperidine rings is 1. The maximum atomic E-state index is 12.7. The average molecular weight is 443 g/mol. The van der Waals surface area contributed by atoms with Crippen molar-refractivity contribution in [2.75, 3.05) is 32.6 Å². The maximum absolute atomic E-state index is 12.7. The fourth-order valence-electron chi connectivity index (χ4n) is 3.61. The Balaban J connectivity index is 1.39. The number of amides is 2. The van der Waals surface area contributed by atoms with Gasteiger partial charge in [0.2, 0.25) is 11.8 Å². The first-order chi connectivity index (χ1) is 15.1. The van der Waals surface area contributed by atoms with Crippen LogP contribution in [0, 0.1) is 0 Å². The second-order valence-corrected chi connectivity index (χ2v) is 8.45. The molecule has 7 heteroatoms. The van der Waals surface area contributed by atoms with Crippen LogP contribution in [-0.2, 0) is 16.0 Å². The molecule has 0 radical (unpaired) electrons. The van der Waals surface area contributed by atoms with Gasteiger partial charge in [0.1, 0.15) is 11.5 Å². The van der Waals surface area contributed by atoms with E-state index in [-0.39, 0.29) is 17.9 Å². The Labute approximate surface area is 188 Å². The van der Waals surface area contributed by atoms with E-state index in [9.17, 15) is 9.59 Å². The van der Waals surface area contributed by atoms with Gasteiger partial charge in [0.25, 0.3) is 0 Å². The third kappa shape index (κ3) is 6.92. The average Bonchev–Trinajstić information content (AvgIpc) is 2.79. The van der Waals surface area contributed by atoms with Gasteiger partial charge in [0, 0.05) is 29.6 Å². The Hall–Kier alpha value is -2.67. The van der Waals surface area contributed by atoms with Crippen LogP contribution in [0.15, 0.2) is 53.4 Å². The van der Waals surface area contributed by atoms with E-state index in [0.29, 0.717) is 31.9 Å². The summed E-state index contributed by atoms with van der Waals surface area (Å²) < 4.78 is 10.8. The van der Waals surface area contributed by atoms with Crippen molar-refractivity contribution in [3.63, 3.8) is 0 Å². The molecule has 0 spiro atoms. The zero-order chi connectivity index (χ0) is 22.1. The monoisotopic (exact) mass is 442 g/mol. The number of nitrogens with zero attached hydrogens (tertiary/aromatic N) is 1. The van der Waals surface area contributed by atoms with E-state index in [2.05, 4.69) is 5.32 Å². The second-order valence-electron chi connectivity index (χ2n) is 7.40. The summed E-state index contributed by atoms with van der Waals surface area (Å²) in [6.07, 6.45) is 1.88. The number of thioether (sulfide) groups is 1. The molecule has 1 N–H and O–H groups in total. The summed E-state index contributed by atoms with van der Waals surface area (Å²) in [6.45, 7) is 3.91. The minimum atomic E-state index is 0.0256. The van der Waals surface area contributed by atoms with Gasteiger partial charge in [0.05, 0.1) is 25.9 Å². The van der Waals surface area contributed by atoms with Crippen molar-refractivity contribution in [3.8, 4) is 11.5 Å². The molecule has 2 aromatic rings. The Kier molecular flexibility index (Phi) is 8.64. The molecular formula is C24H30N2O4S. The molecule has 3 rings (SSSR count). The van der Waals surface area contributed by atoms with Crippen LogP contribution < -0.4 is 14.8 Å². The number of likely N-dealkylation sites (tertiary alicyclic amines) is 1. The molecule has 166 valence electrons. The van der Waals surface area contributed by atoms with Crippen LogP contribution in [0.4, 0.5) is 0 Å². The highest BCUT2D eigenvalue weighted by atomic mass is 32.2. The zero-order valence-corrected chi connectivity index (χ0v) is 19.0. The molecule has 0 aliphatic carbocycles. The van der Waals surface area contributed by atoms with Crippen molar-refractivity contribution in [3.05, 3.63) is 54.1 Å². The SMILES string of the molecule is CCOc1ccc(SCC(=O)NC2CCN(C(=O)Cc3ccccc3OC)CC2)cc1. The smallest absolute Gasteiger partial charge is 0.230 e. The van der Waals surface area contributed by atoms with Crippen molar-refractivity contribution in [2.45, 2.75) is 37.1 Å². The van der Waals surface area contributed by atoms with Crippen LogP contribution in [0.3, 0.4) is 0 Å². The fraction of sp³-hybridized carbons (Fsp3) is 0.417. The van der Waals surface area contributed by atoms with Gasteiger partial charge in [-0.1, -0.05) is 18.2 Å². The predicted molar refractivity (Wildman–Crippen MR) is 123 cm³/mol. The van der Waals surface area contributed by atoms with E-state index >= 15 is 0 Å². The van der Waals surface area contributed by atoms with Gasteiger partial charge >= 0.3 is 0 Å². The first-order valence-corrected chi connectivity index (χ1v) is 11.6. The molecule has 31 heavy (non-hydrogen) atoms. The van der Waals surface area contributed by atoms with Gasteiger partial charge in [0.15, 0.2) is 0 Å². The van der Waals surface area contributed by atoms with Crippen molar-refractivity contribution in [2.24, 2.45) is 0 Å². The quantitative estimate of drug-likeness (QED) is 0.602. The zero-order valence-electron chi connectivity index (χ0n) is 18.1. The first-order valence-electron chi connectivity index (χ1n) is 10.6. The third-order valence-electron chi connectivity index (χ3n) is 5.25. The highest BCUT2D eigenvalue weighted by molar-refractivity contribution is 8.00. The molecule has 0 bridgehead atoms. The number of ether oxygens (including phenoxy) is 2. The van der Waals surface area contributed by atoms with Crippen LogP contribution >= 0.6 is 11.8 Å². The number of hydrogen-bond acceptors (Lipinski definition) is 5. The molecule has 1 aliphatic rings. The van der Waals surface area contributed by atoms with Gasteiger partial charge in [-0.3, -0.25) is 9.59 Å². The molecule has 0 saturated carbocycles. The number of rotatable bonds is 9. The standard InChI is InChI=1S/C24H30N2O4S/c1-3-30-20-8-10-21(11-9-20)31-17-23(27)25-19-12-14-26(15-13-19)24(28)16-18-6-4-5-7-22(18)29-2/h4-11,19H,3,12-17H2,1-2H3,(H,25,27). The molecule has 1 saturated heterocycles. The van der Waals surface area contributed by atoms with E-state index in [4.69, 9.17) is 9.47 Å². The Morgan fingerprint density at radius 3 is 2.48 bits per heavy atom. The molecule has 1 aliphatic heterocycles. The molecule has 2 amide bonds. The normalized spacial score (nSPS) is 14.2. The van der Waals surface area contributed by atoms with Crippen molar-refractivity contribution >= 4 is 23.6 Å². The van der Waals surface area contributed by atoms with Crippen LogP contribution in [0.2, 0.25) is 0 Å². The molecule has 0 atom stereocenters. The van der Waals surface area contributed by atoms with E-state index in [0.717, 1.165) is 34.8 Å². The summed E-state index contributed by atoms with van der Waals surface area (Å²) in [5.41, 5.74) is 0.900. The summed E-state index contributed by atoms with van der Waals surface area (Å²) in [5.74, 6) is 2.07. The molecule has 2 aromatic carbocycles. The highest BCUT2D eigenvalue weighted by Crippen LogP contribution is 2.22. The minimum Gasteiger partial charge on any atom is -0.496 e. The molecular weight excluding hydrogens is 412 g/mol. The van der Waals surface area contributed by atoms with E-state index < -0.39 is 0 Å². The second kappa shape index (κ2) is 11.6. The number of methoxy groups -OCH3 is 1. The maximum Gasteiger partial charge on any atom is 0.230 e. The number of hydrogen-bond donors (Lipinski definition) is 1. The van der Waals surface area contributed by atoms with Crippen LogP contribution in [0.1, 0.15) is 25.3 Å². The van der Waals surface area contributed by atoms with Gasteiger partial charge in [-0.25, -0.2) is 0 Å². The lowest BCUT2D eigenvalue weighted by Gasteiger charge is -2.32. The summed E-state index contributed by atoms with van der Waals surface area (Å²) in [6, 6.07) is 15.5. The Bertz CT molecular complexity index is 864. The Morgan fingerprint density at radius 2 is 1.81 bits per heavy atom. The molecule has 0 aromatic heterocycles. The minimum absolute atomic E-state index is 0.0256. The number of para-hydroxylation sites is 1. The fourth-order valence-corrected chi connectivity index (χ4v) is 4.32. The predicted octanol–water partition coefficient (Wildman–Crippen LogP) is 3.54. The first kappa shape index (κ1) is 23.0. The van der Waals surface area contributed by atoms with Crippen LogP contribution in [-0.4, -0.2) is 55.3 Å². The van der Waals surface area contributed by atoms with Crippen LogP contribution in [0.25, 0.3) is 0 Å². The summed E-state index contributed by atoms with van der Waals surface area (Å²) >= 11 is 1.51. The number of benzene rings is 2. The summed E-state index contributed by atoms with van der Waals surface area (Å²) in [4.78, 5) is 27.9. The van der Waals surface area contributed by atoms with Gasteiger partial charge < -0.3 is 19.7 Å². The lowest BCUT2D eigenvalue weighted by atomic mass is 10.0. The van der Waals surface area contributed by atoms with Crippen molar-refractivity contribution in [1.82, 2.24) is 10.2 Å². The molecule has 0 unspecified atom stereocenters. The van der Waals surface area contributed by atoms with E-state index in [1.54, 1.807) is 7.11 Å². The molecule has 1 heterocycles. The Morgan fingerprint density at radius 1 is 1.10 bits per heavy atom. The lowest BCUT2D eigenvalue weighted by Crippen LogP contribution is -2.47. The number of carbonyl (C=O) groups excluding carboxylic acids is 2. The molecule has 6 nitrogen and oxygen atoms in total. The van der Waals surface area contributed by atoms with E-state index in [1.807, 2.05) is 60.4 Å². The number of carbonyl (C=O) groups is 2. The van der Waals surface area contributed by atoms with E-state index in [1.165, 1.54) is 11.8 Å². The summed E-state index contributed by atoms with van der Waals surface area (Å²) in [7, 11) is 1.62. The van der Waals surface area contributed by atoms with Crippen molar-refractivity contribution < 1.29 is 19.1 Å². The van der Waals surface area contributed by atoms with Gasteiger partial charge in [-0.2, -0.15) is 0 Å². The summed E-state index contributed by atoms with van der Waals surface area (Å²) in [5, 5.41) is 3.11. The van der Waals surface area contributed by atoms with Crippen LogP contribution in [0.5, 0.6) is 11.5 Å². The van der Waals surface area contributed by atoms with Gasteiger partial charge in [-0.05, 0) is 50.1 Å². The number of nitrogens with one attached hydrogen (secondary N) is 1.